The van der Waals surface area contributed by atoms with Crippen LogP contribution in [0.1, 0.15) is 33.3 Å². The zero-order valence-corrected chi connectivity index (χ0v) is 14.4. The molecule has 0 spiro atoms. The van der Waals surface area contributed by atoms with E-state index >= 15 is 0 Å². The molecule has 0 aromatic heterocycles. The molecule has 0 aliphatic carbocycles. The number of para-hydroxylation sites is 1. The highest BCUT2D eigenvalue weighted by molar-refractivity contribution is 5.80. The van der Waals surface area contributed by atoms with E-state index in [9.17, 15) is 0 Å². The fourth-order valence-electron chi connectivity index (χ4n) is 1.89. The monoisotopic (exact) mass is 307 g/mol. The molecule has 2 N–H and O–H groups in total. The normalized spacial score (nSPS) is 12.1. The van der Waals surface area contributed by atoms with E-state index in [2.05, 4.69) is 43.3 Å². The third-order valence-electron chi connectivity index (χ3n) is 2.79. The molecule has 0 atom stereocenters. The predicted octanol–water partition coefficient (Wildman–Crippen LogP) is 2.57. The van der Waals surface area contributed by atoms with Gasteiger partial charge in [0.2, 0.25) is 0 Å². The van der Waals surface area contributed by atoms with Crippen LogP contribution < -0.4 is 15.4 Å². The van der Waals surface area contributed by atoms with E-state index in [-0.39, 0.29) is 5.54 Å². The van der Waals surface area contributed by atoms with Crippen molar-refractivity contribution in [1.29, 1.82) is 0 Å². The number of aliphatic imine (C=N–C) groups is 1. The van der Waals surface area contributed by atoms with Crippen LogP contribution in [0.25, 0.3) is 0 Å². The lowest BCUT2D eigenvalue weighted by atomic mass is 10.1. The molecular formula is C17H29N3O2. The number of nitrogens with zero attached hydrogens (tertiary/aromatic N) is 1. The van der Waals surface area contributed by atoms with E-state index in [1.807, 2.05) is 24.3 Å². The molecule has 0 saturated heterocycles. The van der Waals surface area contributed by atoms with Crippen LogP contribution in [0.3, 0.4) is 0 Å². The quantitative estimate of drug-likeness (QED) is 0.462. The van der Waals surface area contributed by atoms with Crippen LogP contribution in [0.5, 0.6) is 5.75 Å². The predicted molar refractivity (Wildman–Crippen MR) is 91.5 cm³/mol. The Balaban J connectivity index is 2.40. The van der Waals surface area contributed by atoms with Crippen molar-refractivity contribution in [2.75, 3.05) is 26.8 Å². The molecule has 0 heterocycles. The second-order valence-corrected chi connectivity index (χ2v) is 6.00. The number of benzene rings is 1. The number of methoxy groups -OCH3 is 1. The van der Waals surface area contributed by atoms with Gasteiger partial charge in [0, 0.05) is 17.6 Å². The molecule has 0 saturated carbocycles. The third kappa shape index (κ3) is 7.31. The average molecular weight is 307 g/mol. The zero-order valence-electron chi connectivity index (χ0n) is 14.4. The lowest BCUT2D eigenvalue weighted by molar-refractivity contribution is 0.126. The van der Waals surface area contributed by atoms with Gasteiger partial charge < -0.3 is 20.1 Å². The van der Waals surface area contributed by atoms with Crippen molar-refractivity contribution in [3.8, 4) is 5.75 Å². The Morgan fingerprint density at radius 1 is 1.23 bits per heavy atom. The Bertz CT molecular complexity index is 467. The first-order valence-corrected chi connectivity index (χ1v) is 7.72. The van der Waals surface area contributed by atoms with Crippen LogP contribution in [0.2, 0.25) is 0 Å². The molecule has 5 nitrogen and oxygen atoms in total. The maximum atomic E-state index is 5.68. The highest BCUT2D eigenvalue weighted by atomic mass is 16.5. The van der Waals surface area contributed by atoms with Gasteiger partial charge in [-0.3, -0.25) is 4.99 Å². The molecule has 0 amide bonds. The fourth-order valence-corrected chi connectivity index (χ4v) is 1.89. The zero-order chi connectivity index (χ0) is 16.4. The highest BCUT2D eigenvalue weighted by Gasteiger charge is 2.11. The van der Waals surface area contributed by atoms with Gasteiger partial charge in [-0.15, -0.1) is 0 Å². The molecule has 0 aliphatic heterocycles. The number of nitrogens with one attached hydrogen (secondary N) is 2. The second-order valence-electron chi connectivity index (χ2n) is 6.00. The van der Waals surface area contributed by atoms with Crippen molar-refractivity contribution >= 4 is 5.96 Å². The molecule has 0 unspecified atom stereocenters. The van der Waals surface area contributed by atoms with Gasteiger partial charge in [0.25, 0.3) is 0 Å². The Hall–Kier alpha value is -1.75. The minimum atomic E-state index is -0.0146. The molecule has 0 aliphatic rings. The van der Waals surface area contributed by atoms with Gasteiger partial charge in [-0.25, -0.2) is 0 Å². The van der Waals surface area contributed by atoms with Gasteiger partial charge in [-0.2, -0.15) is 0 Å². The largest absolute Gasteiger partial charge is 0.496 e. The third-order valence-corrected chi connectivity index (χ3v) is 2.79. The van der Waals surface area contributed by atoms with Gasteiger partial charge in [-0.05, 0) is 33.8 Å². The molecule has 1 rings (SSSR count). The number of hydrogen-bond donors (Lipinski definition) is 2. The Kier molecular flexibility index (Phi) is 7.74. The standard InChI is InChI=1S/C17H29N3O2/c1-6-18-16(20-17(2,3)4)19-11-12-22-13-14-9-7-8-10-15(14)21-5/h7-10H,6,11-13H2,1-5H3,(H2,18,19,20). The minimum absolute atomic E-state index is 0.0146. The number of rotatable bonds is 7. The van der Waals surface area contributed by atoms with Crippen LogP contribution in [0.15, 0.2) is 29.3 Å². The van der Waals surface area contributed by atoms with E-state index in [0.29, 0.717) is 19.8 Å². The summed E-state index contributed by atoms with van der Waals surface area (Å²) in [6.45, 7) is 10.9. The first-order chi connectivity index (χ1) is 10.5. The van der Waals surface area contributed by atoms with Gasteiger partial charge in [-0.1, -0.05) is 18.2 Å². The van der Waals surface area contributed by atoms with Crippen molar-refractivity contribution < 1.29 is 9.47 Å². The summed E-state index contributed by atoms with van der Waals surface area (Å²) in [5.74, 6) is 1.67. The van der Waals surface area contributed by atoms with Crippen molar-refractivity contribution in [3.05, 3.63) is 29.8 Å². The van der Waals surface area contributed by atoms with E-state index in [1.54, 1.807) is 7.11 Å². The van der Waals surface area contributed by atoms with E-state index in [4.69, 9.17) is 9.47 Å². The summed E-state index contributed by atoms with van der Waals surface area (Å²) in [5, 5.41) is 6.58. The lowest BCUT2D eigenvalue weighted by Crippen LogP contribution is -2.47. The molecule has 0 bridgehead atoms. The Morgan fingerprint density at radius 2 is 1.95 bits per heavy atom. The molecule has 22 heavy (non-hydrogen) atoms. The molecular weight excluding hydrogens is 278 g/mol. The maximum Gasteiger partial charge on any atom is 0.191 e. The summed E-state index contributed by atoms with van der Waals surface area (Å²) >= 11 is 0. The van der Waals surface area contributed by atoms with Gasteiger partial charge in [0.05, 0.1) is 26.9 Å². The molecule has 0 fully saturated rings. The summed E-state index contributed by atoms with van der Waals surface area (Å²) in [6.07, 6.45) is 0. The van der Waals surface area contributed by atoms with Crippen molar-refractivity contribution in [2.45, 2.75) is 39.8 Å². The molecule has 1 aromatic carbocycles. The minimum Gasteiger partial charge on any atom is -0.496 e. The van der Waals surface area contributed by atoms with Crippen LogP contribution in [-0.2, 0) is 11.3 Å². The topological polar surface area (TPSA) is 54.9 Å². The SMILES string of the molecule is CCNC(=NCCOCc1ccccc1OC)NC(C)(C)C. The van der Waals surface area contributed by atoms with Crippen molar-refractivity contribution in [3.63, 3.8) is 0 Å². The van der Waals surface area contributed by atoms with Crippen LogP contribution in [-0.4, -0.2) is 38.3 Å². The summed E-state index contributed by atoms with van der Waals surface area (Å²) in [6, 6.07) is 7.88. The Morgan fingerprint density at radius 3 is 2.59 bits per heavy atom. The van der Waals surface area contributed by atoms with E-state index in [1.165, 1.54) is 0 Å². The summed E-state index contributed by atoms with van der Waals surface area (Å²) in [5.41, 5.74) is 1.04. The second kappa shape index (κ2) is 9.30. The van der Waals surface area contributed by atoms with Crippen LogP contribution in [0, 0.1) is 0 Å². The summed E-state index contributed by atoms with van der Waals surface area (Å²) in [4.78, 5) is 4.51. The van der Waals surface area contributed by atoms with E-state index in [0.717, 1.165) is 23.8 Å². The molecule has 1 aromatic rings. The Labute approximate surface area is 134 Å². The summed E-state index contributed by atoms with van der Waals surface area (Å²) < 4.78 is 11.0. The molecule has 124 valence electrons. The van der Waals surface area contributed by atoms with Crippen LogP contribution >= 0.6 is 0 Å². The van der Waals surface area contributed by atoms with Gasteiger partial charge in [0.1, 0.15) is 5.75 Å². The number of hydrogen-bond acceptors (Lipinski definition) is 3. The van der Waals surface area contributed by atoms with Gasteiger partial charge in [0.15, 0.2) is 5.96 Å². The molecule has 5 heteroatoms. The lowest BCUT2D eigenvalue weighted by Gasteiger charge is -2.23. The highest BCUT2D eigenvalue weighted by Crippen LogP contribution is 2.17. The average Bonchev–Trinajstić information content (AvgIpc) is 2.46. The number of guanidine groups is 1. The van der Waals surface area contributed by atoms with Crippen LogP contribution in [0.4, 0.5) is 0 Å². The van der Waals surface area contributed by atoms with E-state index < -0.39 is 0 Å². The molecule has 0 radical (unpaired) electrons. The first-order valence-electron chi connectivity index (χ1n) is 7.72. The van der Waals surface area contributed by atoms with Crippen molar-refractivity contribution in [2.24, 2.45) is 4.99 Å². The van der Waals surface area contributed by atoms with Crippen molar-refractivity contribution in [1.82, 2.24) is 10.6 Å². The first kappa shape index (κ1) is 18.3. The summed E-state index contributed by atoms with van der Waals surface area (Å²) in [7, 11) is 1.67. The fraction of sp³-hybridized carbons (Fsp3) is 0.588. The van der Waals surface area contributed by atoms with Gasteiger partial charge >= 0.3 is 0 Å². The maximum absolute atomic E-state index is 5.68. The smallest absolute Gasteiger partial charge is 0.191 e. The number of ether oxygens (including phenoxy) is 2.